The van der Waals surface area contributed by atoms with Crippen LogP contribution in [-0.2, 0) is 0 Å². The van der Waals surface area contributed by atoms with Gasteiger partial charge in [0.15, 0.2) is 5.13 Å². The molecule has 0 saturated carbocycles. The quantitative estimate of drug-likeness (QED) is 0.461. The summed E-state index contributed by atoms with van der Waals surface area (Å²) in [7, 11) is 4.09. The largest absolute Gasteiger partial charge is 0.309 e. The molecular formula is C23H27N5OS. The van der Waals surface area contributed by atoms with Crippen molar-refractivity contribution >= 4 is 38.2 Å². The molecule has 0 aliphatic heterocycles. The Morgan fingerprint density at radius 2 is 1.80 bits per heavy atom. The van der Waals surface area contributed by atoms with E-state index in [9.17, 15) is 4.79 Å². The summed E-state index contributed by atoms with van der Waals surface area (Å²) in [5, 5.41) is 0.747. The molecular weight excluding hydrogens is 394 g/mol. The normalized spacial score (nSPS) is 11.7. The van der Waals surface area contributed by atoms with E-state index in [1.807, 2.05) is 54.7 Å². The molecule has 0 spiro atoms. The molecule has 6 nitrogen and oxygen atoms in total. The predicted molar refractivity (Wildman–Crippen MR) is 124 cm³/mol. The molecule has 4 rings (SSSR count). The van der Waals surface area contributed by atoms with Gasteiger partial charge in [0, 0.05) is 12.7 Å². The van der Waals surface area contributed by atoms with Gasteiger partial charge in [0.05, 0.1) is 15.9 Å². The minimum absolute atomic E-state index is 0.0562. The Bertz CT molecular complexity index is 1180. The highest BCUT2D eigenvalue weighted by Crippen LogP contribution is 2.34. The van der Waals surface area contributed by atoms with Crippen molar-refractivity contribution in [2.75, 3.05) is 32.1 Å². The van der Waals surface area contributed by atoms with E-state index < -0.39 is 0 Å². The molecule has 1 amide bonds. The van der Waals surface area contributed by atoms with Crippen LogP contribution in [0.3, 0.4) is 0 Å². The number of imidazole rings is 1. The Hall–Kier alpha value is -2.77. The number of thiazole rings is 1. The van der Waals surface area contributed by atoms with Gasteiger partial charge in [0.25, 0.3) is 5.91 Å². The number of rotatable bonds is 6. The van der Waals surface area contributed by atoms with Gasteiger partial charge in [-0.05, 0) is 71.1 Å². The Kier molecular flexibility index (Phi) is 5.58. The van der Waals surface area contributed by atoms with Crippen LogP contribution in [-0.4, -0.2) is 52.4 Å². The predicted octanol–water partition coefficient (Wildman–Crippen LogP) is 4.47. The van der Waals surface area contributed by atoms with Crippen molar-refractivity contribution in [3.63, 3.8) is 0 Å². The van der Waals surface area contributed by atoms with Gasteiger partial charge in [-0.3, -0.25) is 14.1 Å². The van der Waals surface area contributed by atoms with Crippen molar-refractivity contribution in [1.29, 1.82) is 0 Å². The molecule has 0 saturated heterocycles. The second kappa shape index (κ2) is 8.16. The number of carbonyl (C=O) groups is 1. The fourth-order valence-corrected chi connectivity index (χ4v) is 4.83. The fraction of sp³-hybridized carbons (Fsp3) is 0.348. The van der Waals surface area contributed by atoms with Crippen molar-refractivity contribution in [3.05, 3.63) is 59.0 Å². The average molecular weight is 422 g/mol. The first kappa shape index (κ1) is 20.5. The lowest BCUT2D eigenvalue weighted by molar-refractivity contribution is 0.0979. The SMILES string of the molecule is Cc1nc2ccccn2c1C(=O)N(CCCN(C)C)c1nc2c(C)ccc(C)c2s1. The van der Waals surface area contributed by atoms with Gasteiger partial charge < -0.3 is 4.90 Å². The Balaban J connectivity index is 1.80. The molecule has 7 heteroatoms. The van der Waals surface area contributed by atoms with Gasteiger partial charge in [0.1, 0.15) is 11.3 Å². The van der Waals surface area contributed by atoms with Gasteiger partial charge in [-0.1, -0.05) is 29.5 Å². The lowest BCUT2D eigenvalue weighted by atomic mass is 10.1. The summed E-state index contributed by atoms with van der Waals surface area (Å²) in [4.78, 5) is 27.2. The molecule has 0 N–H and O–H groups in total. The highest BCUT2D eigenvalue weighted by atomic mass is 32.1. The Morgan fingerprint density at radius 1 is 1.03 bits per heavy atom. The minimum Gasteiger partial charge on any atom is -0.309 e. The van der Waals surface area contributed by atoms with Crippen LogP contribution in [0.4, 0.5) is 5.13 Å². The zero-order valence-electron chi connectivity index (χ0n) is 18.1. The topological polar surface area (TPSA) is 53.7 Å². The maximum absolute atomic E-state index is 13.8. The summed E-state index contributed by atoms with van der Waals surface area (Å²) < 4.78 is 3.02. The maximum Gasteiger partial charge on any atom is 0.278 e. The summed E-state index contributed by atoms with van der Waals surface area (Å²) in [5.41, 5.74) is 5.41. The third-order valence-electron chi connectivity index (χ3n) is 5.30. The first-order valence-electron chi connectivity index (χ1n) is 10.1. The summed E-state index contributed by atoms with van der Waals surface area (Å²) in [6.45, 7) is 7.56. The van der Waals surface area contributed by atoms with Crippen LogP contribution in [0, 0.1) is 20.8 Å². The smallest absolute Gasteiger partial charge is 0.278 e. The monoisotopic (exact) mass is 421 g/mol. The van der Waals surface area contributed by atoms with E-state index in [0.29, 0.717) is 12.2 Å². The fourth-order valence-electron chi connectivity index (χ4n) is 3.69. The van der Waals surface area contributed by atoms with Gasteiger partial charge in [-0.25, -0.2) is 9.97 Å². The lowest BCUT2D eigenvalue weighted by Gasteiger charge is -2.21. The van der Waals surface area contributed by atoms with Crippen LogP contribution in [0.15, 0.2) is 36.5 Å². The molecule has 3 aromatic heterocycles. The number of anilines is 1. The molecule has 1 aromatic carbocycles. The van der Waals surface area contributed by atoms with E-state index in [1.165, 1.54) is 5.56 Å². The minimum atomic E-state index is -0.0562. The van der Waals surface area contributed by atoms with Crippen molar-refractivity contribution in [3.8, 4) is 0 Å². The highest BCUT2D eigenvalue weighted by Gasteiger charge is 2.26. The van der Waals surface area contributed by atoms with Crippen LogP contribution in [0.5, 0.6) is 0 Å². The average Bonchev–Trinajstić information content (AvgIpc) is 3.29. The van der Waals surface area contributed by atoms with Crippen LogP contribution >= 0.6 is 11.3 Å². The molecule has 30 heavy (non-hydrogen) atoms. The molecule has 0 unspecified atom stereocenters. The third kappa shape index (κ3) is 3.70. The second-order valence-electron chi connectivity index (χ2n) is 7.96. The summed E-state index contributed by atoms with van der Waals surface area (Å²) in [6, 6.07) is 9.99. The van der Waals surface area contributed by atoms with Crippen LogP contribution in [0.2, 0.25) is 0 Å². The van der Waals surface area contributed by atoms with Gasteiger partial charge in [0.2, 0.25) is 0 Å². The molecule has 0 fully saturated rings. The standard InChI is InChI=1S/C23H27N5OS/c1-15-10-11-16(2)21-19(15)25-23(30-21)28(14-8-12-26(4)5)22(29)20-17(3)24-18-9-6-7-13-27(18)20/h6-7,9-11,13H,8,12,14H2,1-5H3. The van der Waals surface area contributed by atoms with Gasteiger partial charge in [-0.15, -0.1) is 0 Å². The van der Waals surface area contributed by atoms with E-state index in [0.717, 1.165) is 45.2 Å². The van der Waals surface area contributed by atoms with E-state index in [1.54, 1.807) is 11.3 Å². The number of pyridine rings is 1. The number of nitrogens with zero attached hydrogens (tertiary/aromatic N) is 5. The second-order valence-corrected chi connectivity index (χ2v) is 8.94. The van der Waals surface area contributed by atoms with Crippen molar-refractivity contribution in [2.45, 2.75) is 27.2 Å². The van der Waals surface area contributed by atoms with Crippen molar-refractivity contribution < 1.29 is 4.79 Å². The van der Waals surface area contributed by atoms with E-state index >= 15 is 0 Å². The molecule has 3 heterocycles. The van der Waals surface area contributed by atoms with Gasteiger partial charge >= 0.3 is 0 Å². The Labute approximate surface area is 180 Å². The zero-order valence-corrected chi connectivity index (χ0v) is 19.0. The number of amides is 1. The van der Waals surface area contributed by atoms with Crippen LogP contribution in [0.1, 0.15) is 33.7 Å². The highest BCUT2D eigenvalue weighted by molar-refractivity contribution is 7.22. The maximum atomic E-state index is 13.8. The summed E-state index contributed by atoms with van der Waals surface area (Å²) >= 11 is 1.59. The number of aryl methyl sites for hydroxylation is 3. The lowest BCUT2D eigenvalue weighted by Crippen LogP contribution is -2.34. The molecule has 0 atom stereocenters. The molecule has 156 valence electrons. The number of hydrogen-bond donors (Lipinski definition) is 0. The number of aromatic nitrogens is 3. The number of fused-ring (bicyclic) bond motifs is 2. The third-order valence-corrected chi connectivity index (χ3v) is 6.51. The van der Waals surface area contributed by atoms with E-state index in [4.69, 9.17) is 4.98 Å². The first-order chi connectivity index (χ1) is 14.4. The first-order valence-corrected chi connectivity index (χ1v) is 11.0. The number of hydrogen-bond acceptors (Lipinski definition) is 5. The molecule has 0 aliphatic rings. The number of benzene rings is 1. The molecule has 0 aliphatic carbocycles. The van der Waals surface area contributed by atoms with Crippen molar-refractivity contribution in [1.82, 2.24) is 19.3 Å². The summed E-state index contributed by atoms with van der Waals surface area (Å²) in [6.07, 6.45) is 2.76. The van der Waals surface area contributed by atoms with Crippen molar-refractivity contribution in [2.24, 2.45) is 0 Å². The number of carbonyl (C=O) groups excluding carboxylic acids is 1. The molecule has 0 radical (unpaired) electrons. The summed E-state index contributed by atoms with van der Waals surface area (Å²) in [5.74, 6) is -0.0562. The van der Waals surface area contributed by atoms with Gasteiger partial charge in [-0.2, -0.15) is 0 Å². The Morgan fingerprint density at radius 3 is 2.53 bits per heavy atom. The zero-order chi connectivity index (χ0) is 21.4. The van der Waals surface area contributed by atoms with Crippen LogP contribution < -0.4 is 4.90 Å². The molecule has 0 bridgehead atoms. The van der Waals surface area contributed by atoms with E-state index in [-0.39, 0.29) is 5.91 Å². The van der Waals surface area contributed by atoms with Crippen LogP contribution in [0.25, 0.3) is 15.9 Å². The molecule has 4 aromatic rings. The van der Waals surface area contributed by atoms with E-state index in [2.05, 4.69) is 35.9 Å².